The largest absolute Gasteiger partial charge is 0.329 e. The van der Waals surface area contributed by atoms with E-state index in [1.54, 1.807) is 0 Å². The van der Waals surface area contributed by atoms with Crippen LogP contribution in [0, 0.1) is 5.92 Å². The summed E-state index contributed by atoms with van der Waals surface area (Å²) in [4.78, 5) is 2.63. The number of rotatable bonds is 5. The zero-order valence-electron chi connectivity index (χ0n) is 13.1. The third kappa shape index (κ3) is 3.62. The van der Waals surface area contributed by atoms with Crippen molar-refractivity contribution in [2.75, 3.05) is 13.1 Å². The van der Waals surface area contributed by atoms with Gasteiger partial charge in [0.05, 0.1) is 0 Å². The third-order valence-corrected chi connectivity index (χ3v) is 5.09. The predicted molar refractivity (Wildman–Crippen MR) is 86.6 cm³/mol. The van der Waals surface area contributed by atoms with Crippen molar-refractivity contribution in [2.45, 2.75) is 58.0 Å². The molecule has 2 heteroatoms. The highest BCUT2D eigenvalue weighted by Crippen LogP contribution is 2.35. The molecule has 112 valence electrons. The Morgan fingerprint density at radius 1 is 1.20 bits per heavy atom. The van der Waals surface area contributed by atoms with Crippen LogP contribution in [0.4, 0.5) is 0 Å². The van der Waals surface area contributed by atoms with Crippen LogP contribution in [0.5, 0.6) is 0 Å². The molecule has 0 bridgehead atoms. The van der Waals surface area contributed by atoms with Gasteiger partial charge in [-0.25, -0.2) is 0 Å². The standard InChI is InChI=1S/C18H30N2/c1-3-20(14-17-9-5-4-6-10-17)18(15-19)12-7-8-16(2)11-13-18/h4-6,9-10,16H,3,7-8,11-15,19H2,1-2H3. The molecule has 1 aliphatic rings. The molecule has 0 saturated heterocycles. The summed E-state index contributed by atoms with van der Waals surface area (Å²) in [6.45, 7) is 7.57. The molecule has 1 saturated carbocycles. The van der Waals surface area contributed by atoms with Gasteiger partial charge in [0.1, 0.15) is 0 Å². The molecule has 1 aromatic rings. The van der Waals surface area contributed by atoms with Gasteiger partial charge in [-0.3, -0.25) is 4.90 Å². The number of nitrogens with two attached hydrogens (primary N) is 1. The Morgan fingerprint density at radius 2 is 1.95 bits per heavy atom. The Bertz CT molecular complexity index is 390. The topological polar surface area (TPSA) is 29.3 Å². The molecule has 20 heavy (non-hydrogen) atoms. The van der Waals surface area contributed by atoms with E-state index in [4.69, 9.17) is 5.73 Å². The maximum Gasteiger partial charge on any atom is 0.0335 e. The molecule has 1 aliphatic carbocycles. The number of hydrogen-bond donors (Lipinski definition) is 1. The van der Waals surface area contributed by atoms with E-state index in [9.17, 15) is 0 Å². The Hall–Kier alpha value is -0.860. The van der Waals surface area contributed by atoms with Gasteiger partial charge in [0.15, 0.2) is 0 Å². The molecule has 0 amide bonds. The Morgan fingerprint density at radius 3 is 2.60 bits per heavy atom. The van der Waals surface area contributed by atoms with Gasteiger partial charge in [0, 0.05) is 18.6 Å². The van der Waals surface area contributed by atoms with Crippen molar-refractivity contribution in [3.63, 3.8) is 0 Å². The van der Waals surface area contributed by atoms with Gasteiger partial charge in [0.25, 0.3) is 0 Å². The number of nitrogens with zero attached hydrogens (tertiary/aromatic N) is 1. The quantitative estimate of drug-likeness (QED) is 0.827. The van der Waals surface area contributed by atoms with Crippen LogP contribution in [0.15, 0.2) is 30.3 Å². The van der Waals surface area contributed by atoms with E-state index in [1.807, 2.05) is 0 Å². The first-order chi connectivity index (χ1) is 9.70. The van der Waals surface area contributed by atoms with Crippen LogP contribution in [-0.2, 0) is 6.54 Å². The Balaban J connectivity index is 2.14. The molecule has 0 aliphatic heterocycles. The molecule has 0 heterocycles. The Kier molecular flexibility index (Phi) is 5.62. The molecule has 2 nitrogen and oxygen atoms in total. The third-order valence-electron chi connectivity index (χ3n) is 5.09. The summed E-state index contributed by atoms with van der Waals surface area (Å²) in [6.07, 6.45) is 6.52. The van der Waals surface area contributed by atoms with Crippen molar-refractivity contribution in [1.29, 1.82) is 0 Å². The molecule has 1 aromatic carbocycles. The summed E-state index contributed by atoms with van der Waals surface area (Å²) in [5.41, 5.74) is 7.86. The molecule has 1 fully saturated rings. The van der Waals surface area contributed by atoms with E-state index >= 15 is 0 Å². The zero-order valence-corrected chi connectivity index (χ0v) is 13.1. The fraction of sp³-hybridized carbons (Fsp3) is 0.667. The first-order valence-electron chi connectivity index (χ1n) is 8.19. The van der Waals surface area contributed by atoms with Crippen LogP contribution >= 0.6 is 0 Å². The molecule has 2 N–H and O–H groups in total. The molecule has 0 spiro atoms. The predicted octanol–water partition coefficient (Wildman–Crippen LogP) is 3.81. The number of likely N-dealkylation sites (N-methyl/N-ethyl adjacent to an activating group) is 1. The lowest BCUT2D eigenvalue weighted by atomic mass is 9.87. The van der Waals surface area contributed by atoms with Gasteiger partial charge in [0.2, 0.25) is 0 Å². The minimum Gasteiger partial charge on any atom is -0.329 e. The van der Waals surface area contributed by atoms with Crippen molar-refractivity contribution < 1.29 is 0 Å². The van der Waals surface area contributed by atoms with Crippen LogP contribution < -0.4 is 5.73 Å². The maximum absolute atomic E-state index is 6.24. The van der Waals surface area contributed by atoms with E-state index in [1.165, 1.54) is 37.7 Å². The lowest BCUT2D eigenvalue weighted by molar-refractivity contribution is 0.0747. The molecule has 0 radical (unpaired) electrons. The van der Waals surface area contributed by atoms with E-state index in [-0.39, 0.29) is 5.54 Å². The number of benzene rings is 1. The average molecular weight is 274 g/mol. The minimum atomic E-state index is 0.218. The van der Waals surface area contributed by atoms with Gasteiger partial charge in [-0.05, 0) is 37.3 Å². The van der Waals surface area contributed by atoms with Gasteiger partial charge in [-0.1, -0.05) is 57.0 Å². The van der Waals surface area contributed by atoms with Crippen LogP contribution in [0.2, 0.25) is 0 Å². The highest BCUT2D eigenvalue weighted by molar-refractivity contribution is 5.15. The van der Waals surface area contributed by atoms with Gasteiger partial charge in [-0.2, -0.15) is 0 Å². The highest BCUT2D eigenvalue weighted by atomic mass is 15.2. The van der Waals surface area contributed by atoms with Crippen LogP contribution in [-0.4, -0.2) is 23.5 Å². The van der Waals surface area contributed by atoms with Crippen molar-refractivity contribution >= 4 is 0 Å². The molecular formula is C18H30N2. The van der Waals surface area contributed by atoms with Crippen molar-refractivity contribution in [3.8, 4) is 0 Å². The fourth-order valence-corrected chi connectivity index (χ4v) is 3.63. The van der Waals surface area contributed by atoms with E-state index in [2.05, 4.69) is 49.1 Å². The first-order valence-corrected chi connectivity index (χ1v) is 8.19. The van der Waals surface area contributed by atoms with Crippen molar-refractivity contribution in [1.82, 2.24) is 4.90 Å². The normalized spacial score (nSPS) is 27.5. The highest BCUT2D eigenvalue weighted by Gasteiger charge is 2.36. The first kappa shape index (κ1) is 15.5. The second-order valence-electron chi connectivity index (χ2n) is 6.46. The maximum atomic E-state index is 6.24. The Labute approximate surface area is 124 Å². The second kappa shape index (κ2) is 7.24. The summed E-state index contributed by atoms with van der Waals surface area (Å²) in [7, 11) is 0. The zero-order chi connectivity index (χ0) is 14.4. The van der Waals surface area contributed by atoms with Crippen LogP contribution in [0.25, 0.3) is 0 Å². The summed E-state index contributed by atoms with van der Waals surface area (Å²) in [5, 5.41) is 0. The molecule has 0 aromatic heterocycles. The van der Waals surface area contributed by atoms with Gasteiger partial charge in [-0.15, -0.1) is 0 Å². The summed E-state index contributed by atoms with van der Waals surface area (Å²) >= 11 is 0. The lowest BCUT2D eigenvalue weighted by Crippen LogP contribution is -2.53. The fourth-order valence-electron chi connectivity index (χ4n) is 3.63. The second-order valence-corrected chi connectivity index (χ2v) is 6.46. The summed E-state index contributed by atoms with van der Waals surface area (Å²) in [5.74, 6) is 0.860. The van der Waals surface area contributed by atoms with E-state index < -0.39 is 0 Å². The number of hydrogen-bond acceptors (Lipinski definition) is 2. The van der Waals surface area contributed by atoms with E-state index in [0.29, 0.717) is 0 Å². The monoisotopic (exact) mass is 274 g/mol. The molecule has 2 rings (SSSR count). The van der Waals surface area contributed by atoms with Gasteiger partial charge >= 0.3 is 0 Å². The average Bonchev–Trinajstić information content (AvgIpc) is 2.68. The van der Waals surface area contributed by atoms with Crippen LogP contribution in [0.1, 0.15) is 51.5 Å². The molecule has 2 atom stereocenters. The molecule has 2 unspecified atom stereocenters. The van der Waals surface area contributed by atoms with Gasteiger partial charge < -0.3 is 5.73 Å². The van der Waals surface area contributed by atoms with Crippen molar-refractivity contribution in [2.24, 2.45) is 11.7 Å². The smallest absolute Gasteiger partial charge is 0.0335 e. The van der Waals surface area contributed by atoms with Crippen molar-refractivity contribution in [3.05, 3.63) is 35.9 Å². The molecular weight excluding hydrogens is 244 g/mol. The SMILES string of the molecule is CCN(Cc1ccccc1)C1(CN)CCCC(C)CC1. The minimum absolute atomic E-state index is 0.218. The summed E-state index contributed by atoms with van der Waals surface area (Å²) in [6, 6.07) is 10.8. The lowest BCUT2D eigenvalue weighted by Gasteiger charge is -2.43. The van der Waals surface area contributed by atoms with Crippen LogP contribution in [0.3, 0.4) is 0 Å². The van der Waals surface area contributed by atoms with E-state index in [0.717, 1.165) is 25.6 Å². The summed E-state index contributed by atoms with van der Waals surface area (Å²) < 4.78 is 0.